The Bertz CT molecular complexity index is 1680. The number of para-hydroxylation sites is 2. The van der Waals surface area contributed by atoms with Crippen LogP contribution >= 0.6 is 27.7 Å². The van der Waals surface area contributed by atoms with Crippen molar-refractivity contribution in [1.82, 2.24) is 4.90 Å². The van der Waals surface area contributed by atoms with Gasteiger partial charge in [0, 0.05) is 0 Å². The maximum absolute atomic E-state index is 13.1. The van der Waals surface area contributed by atoms with E-state index in [1.54, 1.807) is 49.6 Å². The molecule has 8 nitrogen and oxygen atoms in total. The summed E-state index contributed by atoms with van der Waals surface area (Å²) < 4.78 is 22.7. The number of halogens is 1. The average molecular weight is 635 g/mol. The maximum atomic E-state index is 13.1. The smallest absolute Gasteiger partial charge is 0.344 e. The molecule has 0 saturated carbocycles. The van der Waals surface area contributed by atoms with Crippen molar-refractivity contribution in [3.8, 4) is 23.0 Å². The van der Waals surface area contributed by atoms with Crippen molar-refractivity contribution in [2.24, 2.45) is 0 Å². The number of methoxy groups -OCH3 is 2. The van der Waals surface area contributed by atoms with Crippen molar-refractivity contribution in [3.63, 3.8) is 0 Å². The molecule has 0 N–H and O–H groups in total. The van der Waals surface area contributed by atoms with Crippen LogP contribution in [-0.2, 0) is 4.79 Å². The largest absolute Gasteiger partial charge is 0.493 e. The predicted molar refractivity (Wildman–Crippen MR) is 161 cm³/mol. The Balaban J connectivity index is 1.31. The lowest BCUT2D eigenvalue weighted by Crippen LogP contribution is -2.32. The minimum Gasteiger partial charge on any atom is -0.493 e. The van der Waals surface area contributed by atoms with E-state index in [1.807, 2.05) is 42.5 Å². The fourth-order valence-electron chi connectivity index (χ4n) is 4.30. The predicted octanol–water partition coefficient (Wildman–Crippen LogP) is 6.95. The number of rotatable bonds is 9. The van der Waals surface area contributed by atoms with E-state index in [-0.39, 0.29) is 29.6 Å². The Morgan fingerprint density at radius 1 is 0.902 bits per heavy atom. The van der Waals surface area contributed by atoms with Crippen LogP contribution in [0.15, 0.2) is 88.2 Å². The topological polar surface area (TPSA) is 91.4 Å². The summed E-state index contributed by atoms with van der Waals surface area (Å²) in [5.74, 6) is 0.603. The van der Waals surface area contributed by atoms with Crippen LogP contribution in [0.25, 0.3) is 16.8 Å². The zero-order chi connectivity index (χ0) is 28.9. The molecule has 2 amide bonds. The third-order valence-electron chi connectivity index (χ3n) is 6.27. The van der Waals surface area contributed by atoms with Crippen molar-refractivity contribution in [2.45, 2.75) is 0 Å². The van der Waals surface area contributed by atoms with Gasteiger partial charge in [0.15, 0.2) is 23.0 Å². The third kappa shape index (κ3) is 6.08. The highest BCUT2D eigenvalue weighted by atomic mass is 79.9. The van der Waals surface area contributed by atoms with Gasteiger partial charge in [-0.3, -0.25) is 14.5 Å². The number of nitrogens with zero attached hydrogens (tertiary/aromatic N) is 1. The summed E-state index contributed by atoms with van der Waals surface area (Å²) in [5, 5.41) is 1.30. The number of esters is 1. The zero-order valence-electron chi connectivity index (χ0n) is 22.1. The van der Waals surface area contributed by atoms with E-state index in [9.17, 15) is 14.4 Å². The molecular formula is C31H24BrNO7S. The molecule has 1 heterocycles. The number of hydrogen-bond acceptors (Lipinski definition) is 8. The molecule has 0 aromatic heterocycles. The lowest BCUT2D eigenvalue weighted by Gasteiger charge is -2.14. The lowest BCUT2D eigenvalue weighted by molar-refractivity contribution is -0.123. The van der Waals surface area contributed by atoms with Gasteiger partial charge >= 0.3 is 5.97 Å². The highest BCUT2D eigenvalue weighted by Crippen LogP contribution is 2.40. The summed E-state index contributed by atoms with van der Waals surface area (Å²) in [6, 6.07) is 23.4. The van der Waals surface area contributed by atoms with Crippen LogP contribution in [0, 0.1) is 0 Å². The molecule has 0 unspecified atom stereocenters. The monoisotopic (exact) mass is 633 g/mol. The van der Waals surface area contributed by atoms with E-state index >= 15 is 0 Å². The summed E-state index contributed by atoms with van der Waals surface area (Å²) in [7, 11) is 2.99. The van der Waals surface area contributed by atoms with Crippen molar-refractivity contribution in [1.29, 1.82) is 0 Å². The van der Waals surface area contributed by atoms with Crippen LogP contribution in [0.2, 0.25) is 0 Å². The fraction of sp³-hybridized carbons (Fsp3) is 0.129. The van der Waals surface area contributed by atoms with Crippen molar-refractivity contribution in [3.05, 3.63) is 99.4 Å². The minimum absolute atomic E-state index is 0.0795. The molecule has 10 heteroatoms. The number of fused-ring (bicyclic) bond motifs is 1. The Morgan fingerprint density at radius 2 is 1.61 bits per heavy atom. The molecule has 1 saturated heterocycles. The number of carbonyl (C=O) groups is 3. The Labute approximate surface area is 249 Å². The summed E-state index contributed by atoms with van der Waals surface area (Å²) >= 11 is 4.30. The minimum atomic E-state index is -0.537. The Morgan fingerprint density at radius 3 is 2.39 bits per heavy atom. The molecule has 4 aromatic rings. The first-order valence-electron chi connectivity index (χ1n) is 12.5. The van der Waals surface area contributed by atoms with Crippen LogP contribution in [0.5, 0.6) is 23.0 Å². The van der Waals surface area contributed by atoms with Gasteiger partial charge in [-0.1, -0.05) is 48.5 Å². The van der Waals surface area contributed by atoms with Gasteiger partial charge in [-0.2, -0.15) is 0 Å². The third-order valence-corrected chi connectivity index (χ3v) is 7.77. The van der Waals surface area contributed by atoms with Crippen LogP contribution in [0.3, 0.4) is 0 Å². The highest BCUT2D eigenvalue weighted by molar-refractivity contribution is 9.10. The van der Waals surface area contributed by atoms with Gasteiger partial charge in [-0.25, -0.2) is 4.79 Å². The van der Waals surface area contributed by atoms with Gasteiger partial charge in [0.1, 0.15) is 6.61 Å². The van der Waals surface area contributed by atoms with Gasteiger partial charge in [0.25, 0.3) is 11.1 Å². The van der Waals surface area contributed by atoms with Crippen molar-refractivity contribution < 1.29 is 33.3 Å². The second-order valence-electron chi connectivity index (χ2n) is 8.78. The van der Waals surface area contributed by atoms with Crippen LogP contribution in [0.1, 0.15) is 15.9 Å². The number of amides is 2. The van der Waals surface area contributed by atoms with E-state index < -0.39 is 17.1 Å². The molecular weight excluding hydrogens is 610 g/mol. The molecule has 0 bridgehead atoms. The van der Waals surface area contributed by atoms with E-state index in [1.165, 1.54) is 7.11 Å². The van der Waals surface area contributed by atoms with Gasteiger partial charge < -0.3 is 18.9 Å². The number of hydrogen-bond donors (Lipinski definition) is 0. The van der Waals surface area contributed by atoms with E-state index in [0.717, 1.165) is 27.4 Å². The number of ether oxygens (including phenoxy) is 4. The van der Waals surface area contributed by atoms with Gasteiger partial charge in [0.2, 0.25) is 0 Å². The van der Waals surface area contributed by atoms with Crippen LogP contribution in [0.4, 0.5) is 4.79 Å². The van der Waals surface area contributed by atoms with E-state index in [0.29, 0.717) is 27.1 Å². The molecule has 41 heavy (non-hydrogen) atoms. The molecule has 1 fully saturated rings. The van der Waals surface area contributed by atoms with Gasteiger partial charge in [-0.15, -0.1) is 0 Å². The summed E-state index contributed by atoms with van der Waals surface area (Å²) in [4.78, 5) is 40.1. The van der Waals surface area contributed by atoms with Gasteiger partial charge in [0.05, 0.1) is 35.7 Å². The van der Waals surface area contributed by atoms with E-state index in [4.69, 9.17) is 18.9 Å². The Hall–Kier alpha value is -4.28. The standard InChI is InChI=1S/C31H24BrNO7S/c1-37-24-12-5-6-13-25(24)39-15-14-33-29(34)27(41-31(33)36)18-19-16-23(32)28(26(17-19)38-2)40-30(35)22-11-7-9-20-8-3-4-10-21(20)22/h3-13,16-18H,14-15H2,1-2H3/b27-18-. The second-order valence-corrected chi connectivity index (χ2v) is 10.6. The quantitative estimate of drug-likeness (QED) is 0.111. The molecule has 5 rings (SSSR count). The summed E-state index contributed by atoms with van der Waals surface area (Å²) in [5.41, 5.74) is 0.999. The zero-order valence-corrected chi connectivity index (χ0v) is 24.5. The van der Waals surface area contributed by atoms with Crippen molar-refractivity contribution >= 4 is 61.7 Å². The van der Waals surface area contributed by atoms with Crippen molar-refractivity contribution in [2.75, 3.05) is 27.4 Å². The van der Waals surface area contributed by atoms with Crippen LogP contribution < -0.4 is 18.9 Å². The lowest BCUT2D eigenvalue weighted by atomic mass is 10.0. The molecule has 1 aliphatic heterocycles. The first-order valence-corrected chi connectivity index (χ1v) is 14.1. The SMILES string of the molecule is COc1ccccc1OCCN1C(=O)S/C(=C\c2cc(Br)c(OC(=O)c3cccc4ccccc34)c(OC)c2)C1=O. The molecule has 4 aromatic carbocycles. The van der Waals surface area contributed by atoms with E-state index in [2.05, 4.69) is 15.9 Å². The number of carbonyl (C=O) groups excluding carboxylic acids is 3. The van der Waals surface area contributed by atoms with Crippen LogP contribution in [-0.4, -0.2) is 49.4 Å². The fourth-order valence-corrected chi connectivity index (χ4v) is 5.71. The average Bonchev–Trinajstić information content (AvgIpc) is 3.25. The normalized spacial score (nSPS) is 14.0. The molecule has 1 aliphatic rings. The second kappa shape index (κ2) is 12.5. The summed E-state index contributed by atoms with van der Waals surface area (Å²) in [6.07, 6.45) is 1.59. The first kappa shape index (κ1) is 28.3. The Kier molecular flexibility index (Phi) is 8.61. The molecule has 0 spiro atoms. The first-order chi connectivity index (χ1) is 19.9. The molecule has 0 aliphatic carbocycles. The number of thioether (sulfide) groups is 1. The number of imide groups is 1. The number of benzene rings is 4. The molecule has 0 atom stereocenters. The summed E-state index contributed by atoms with van der Waals surface area (Å²) in [6.45, 7) is 0.192. The maximum Gasteiger partial charge on any atom is 0.344 e. The van der Waals surface area contributed by atoms with Gasteiger partial charge in [-0.05, 0) is 80.4 Å². The highest BCUT2D eigenvalue weighted by Gasteiger charge is 2.35. The molecule has 0 radical (unpaired) electrons. The molecule has 208 valence electrons.